The molecule has 0 bridgehead atoms. The van der Waals surface area contributed by atoms with Crippen molar-refractivity contribution in [2.45, 2.75) is 12.6 Å². The molecule has 16 heavy (non-hydrogen) atoms. The van der Waals surface area contributed by atoms with E-state index in [0.29, 0.717) is 6.04 Å². The predicted octanol–water partition coefficient (Wildman–Crippen LogP) is 1.26. The zero-order valence-electron chi connectivity index (χ0n) is 9.47. The first-order valence-electron chi connectivity index (χ1n) is 5.97. The Kier molecular flexibility index (Phi) is 3.24. The van der Waals surface area contributed by atoms with Gasteiger partial charge in [-0.1, -0.05) is 0 Å². The van der Waals surface area contributed by atoms with Gasteiger partial charge >= 0.3 is 0 Å². The number of hydrogen-bond donors (Lipinski definition) is 0. The van der Waals surface area contributed by atoms with Crippen molar-refractivity contribution >= 4 is 11.3 Å². The molecule has 3 rings (SSSR count). The number of rotatable bonds is 2. The fraction of sp³-hybridized carbons (Fsp3) is 0.667. The molecule has 4 heteroatoms. The van der Waals surface area contributed by atoms with Gasteiger partial charge in [0.15, 0.2) is 0 Å². The van der Waals surface area contributed by atoms with Crippen LogP contribution in [0.2, 0.25) is 0 Å². The van der Waals surface area contributed by atoms with Gasteiger partial charge in [-0.05, 0) is 22.4 Å². The van der Waals surface area contributed by atoms with Gasteiger partial charge in [-0.3, -0.25) is 9.80 Å². The monoisotopic (exact) mass is 238 g/mol. The lowest BCUT2D eigenvalue weighted by molar-refractivity contribution is -0.0461. The van der Waals surface area contributed by atoms with Crippen molar-refractivity contribution in [2.75, 3.05) is 39.4 Å². The van der Waals surface area contributed by atoms with Crippen LogP contribution >= 0.6 is 11.3 Å². The number of piperazine rings is 1. The average molecular weight is 238 g/mol. The highest BCUT2D eigenvalue weighted by Crippen LogP contribution is 2.16. The number of morpholine rings is 1. The van der Waals surface area contributed by atoms with Gasteiger partial charge in [-0.25, -0.2) is 0 Å². The van der Waals surface area contributed by atoms with E-state index in [-0.39, 0.29) is 0 Å². The zero-order chi connectivity index (χ0) is 10.8. The molecule has 0 spiro atoms. The van der Waals surface area contributed by atoms with E-state index in [1.807, 2.05) is 0 Å². The van der Waals surface area contributed by atoms with E-state index in [4.69, 9.17) is 4.74 Å². The standard InChI is InChI=1S/C12H18N2OS/c1-6-16-10-11(1)7-13-2-3-14-4-5-15-9-12(14)8-13/h1,6,10,12H,2-5,7-9H2/t12-/m1/s1. The minimum Gasteiger partial charge on any atom is -0.378 e. The van der Waals surface area contributed by atoms with Crippen LogP contribution in [0.4, 0.5) is 0 Å². The summed E-state index contributed by atoms with van der Waals surface area (Å²) >= 11 is 1.79. The van der Waals surface area contributed by atoms with Crippen molar-refractivity contribution in [1.29, 1.82) is 0 Å². The van der Waals surface area contributed by atoms with Gasteiger partial charge in [0, 0.05) is 38.8 Å². The molecule has 2 saturated heterocycles. The van der Waals surface area contributed by atoms with E-state index in [2.05, 4.69) is 26.6 Å². The van der Waals surface area contributed by atoms with Crippen LogP contribution in [-0.2, 0) is 11.3 Å². The molecular weight excluding hydrogens is 220 g/mol. The summed E-state index contributed by atoms with van der Waals surface area (Å²) in [4.78, 5) is 5.13. The van der Waals surface area contributed by atoms with E-state index in [9.17, 15) is 0 Å². The number of thiophene rings is 1. The Morgan fingerprint density at radius 1 is 1.38 bits per heavy atom. The normalized spacial score (nSPS) is 27.9. The molecular formula is C12H18N2OS. The van der Waals surface area contributed by atoms with Crippen molar-refractivity contribution in [3.05, 3.63) is 22.4 Å². The molecule has 0 N–H and O–H groups in total. The number of fused-ring (bicyclic) bond motifs is 1. The summed E-state index contributed by atoms with van der Waals surface area (Å²) in [5, 5.41) is 4.42. The highest BCUT2D eigenvalue weighted by molar-refractivity contribution is 7.07. The van der Waals surface area contributed by atoms with Crippen molar-refractivity contribution in [2.24, 2.45) is 0 Å². The summed E-state index contributed by atoms with van der Waals surface area (Å²) in [6, 6.07) is 2.86. The number of nitrogens with zero attached hydrogens (tertiary/aromatic N) is 2. The Balaban J connectivity index is 1.58. The maximum absolute atomic E-state index is 5.56. The van der Waals surface area contributed by atoms with Crippen molar-refractivity contribution in [3.8, 4) is 0 Å². The Hall–Kier alpha value is -0.420. The quantitative estimate of drug-likeness (QED) is 0.771. The van der Waals surface area contributed by atoms with Crippen LogP contribution in [0.15, 0.2) is 16.8 Å². The van der Waals surface area contributed by atoms with Gasteiger partial charge in [0.05, 0.1) is 13.2 Å². The second-order valence-electron chi connectivity index (χ2n) is 4.63. The summed E-state index contributed by atoms with van der Waals surface area (Å²) in [7, 11) is 0. The van der Waals surface area contributed by atoms with E-state index >= 15 is 0 Å². The number of hydrogen-bond acceptors (Lipinski definition) is 4. The Morgan fingerprint density at radius 2 is 2.38 bits per heavy atom. The van der Waals surface area contributed by atoms with E-state index in [1.54, 1.807) is 11.3 Å². The van der Waals surface area contributed by atoms with Crippen LogP contribution in [-0.4, -0.2) is 55.2 Å². The second-order valence-corrected chi connectivity index (χ2v) is 5.41. The van der Waals surface area contributed by atoms with Gasteiger partial charge in [0.1, 0.15) is 0 Å². The highest BCUT2D eigenvalue weighted by Gasteiger charge is 2.29. The predicted molar refractivity (Wildman–Crippen MR) is 65.8 cm³/mol. The third-order valence-electron chi connectivity index (χ3n) is 3.51. The molecule has 2 fully saturated rings. The number of ether oxygens (including phenoxy) is 1. The molecule has 0 aliphatic carbocycles. The minimum atomic E-state index is 0.626. The molecule has 1 aromatic rings. The molecule has 0 unspecified atom stereocenters. The van der Waals surface area contributed by atoms with Crippen molar-refractivity contribution < 1.29 is 4.74 Å². The second kappa shape index (κ2) is 4.84. The molecule has 1 atom stereocenters. The topological polar surface area (TPSA) is 15.7 Å². The molecule has 3 heterocycles. The first-order valence-corrected chi connectivity index (χ1v) is 6.91. The molecule has 1 aromatic heterocycles. The minimum absolute atomic E-state index is 0.626. The summed E-state index contributed by atoms with van der Waals surface area (Å²) in [6.07, 6.45) is 0. The molecule has 88 valence electrons. The first-order chi connectivity index (χ1) is 7.92. The molecule has 2 aliphatic heterocycles. The van der Waals surface area contributed by atoms with E-state index in [1.165, 1.54) is 18.7 Å². The van der Waals surface area contributed by atoms with Crippen LogP contribution in [0.3, 0.4) is 0 Å². The molecule has 0 radical (unpaired) electrons. The van der Waals surface area contributed by atoms with Crippen LogP contribution in [0, 0.1) is 0 Å². The first kappa shape index (κ1) is 10.7. The summed E-state index contributed by atoms with van der Waals surface area (Å²) in [5.74, 6) is 0. The molecule has 3 nitrogen and oxygen atoms in total. The Morgan fingerprint density at radius 3 is 3.25 bits per heavy atom. The maximum Gasteiger partial charge on any atom is 0.0634 e. The molecule has 2 aliphatic rings. The average Bonchev–Trinajstić information content (AvgIpc) is 2.82. The molecule has 0 aromatic carbocycles. The van der Waals surface area contributed by atoms with Crippen LogP contribution in [0.25, 0.3) is 0 Å². The van der Waals surface area contributed by atoms with E-state index < -0.39 is 0 Å². The lowest BCUT2D eigenvalue weighted by Crippen LogP contribution is -2.57. The van der Waals surface area contributed by atoms with Gasteiger partial charge in [0.2, 0.25) is 0 Å². The molecule has 0 amide bonds. The zero-order valence-corrected chi connectivity index (χ0v) is 10.3. The molecule has 0 saturated carbocycles. The maximum atomic E-state index is 5.56. The summed E-state index contributed by atoms with van der Waals surface area (Å²) < 4.78 is 5.56. The van der Waals surface area contributed by atoms with Crippen LogP contribution < -0.4 is 0 Å². The van der Waals surface area contributed by atoms with Crippen LogP contribution in [0.1, 0.15) is 5.56 Å². The smallest absolute Gasteiger partial charge is 0.0634 e. The fourth-order valence-electron chi connectivity index (χ4n) is 2.60. The third kappa shape index (κ3) is 2.30. The van der Waals surface area contributed by atoms with Crippen molar-refractivity contribution in [1.82, 2.24) is 9.80 Å². The Labute approximate surface area is 101 Å². The van der Waals surface area contributed by atoms with Gasteiger partial charge in [-0.2, -0.15) is 11.3 Å². The van der Waals surface area contributed by atoms with Gasteiger partial charge in [-0.15, -0.1) is 0 Å². The van der Waals surface area contributed by atoms with Crippen molar-refractivity contribution in [3.63, 3.8) is 0 Å². The SMILES string of the molecule is c1cc(CN2CCN3CCOC[C@H]3C2)cs1. The lowest BCUT2D eigenvalue weighted by atomic mass is 10.1. The van der Waals surface area contributed by atoms with Crippen LogP contribution in [0.5, 0.6) is 0 Å². The van der Waals surface area contributed by atoms with Gasteiger partial charge < -0.3 is 4.74 Å². The van der Waals surface area contributed by atoms with E-state index in [0.717, 1.165) is 32.8 Å². The Bertz CT molecular complexity index is 328. The van der Waals surface area contributed by atoms with Gasteiger partial charge in [0.25, 0.3) is 0 Å². The lowest BCUT2D eigenvalue weighted by Gasteiger charge is -2.43. The summed E-state index contributed by atoms with van der Waals surface area (Å²) in [6.45, 7) is 7.63. The summed E-state index contributed by atoms with van der Waals surface area (Å²) in [5.41, 5.74) is 1.45. The highest BCUT2D eigenvalue weighted by atomic mass is 32.1. The third-order valence-corrected chi connectivity index (χ3v) is 4.24. The fourth-order valence-corrected chi connectivity index (χ4v) is 3.26. The largest absolute Gasteiger partial charge is 0.378 e.